The van der Waals surface area contributed by atoms with E-state index in [1.165, 1.54) is 18.3 Å². The first-order chi connectivity index (χ1) is 11.1. The van der Waals surface area contributed by atoms with Gasteiger partial charge in [-0.25, -0.2) is 0 Å². The Kier molecular flexibility index (Phi) is 4.93. The quantitative estimate of drug-likeness (QED) is 0.904. The normalized spacial score (nSPS) is 13.3. The van der Waals surface area contributed by atoms with Crippen molar-refractivity contribution in [3.8, 4) is 11.4 Å². The largest absolute Gasteiger partial charge is 0.433 e. The molecule has 0 bridgehead atoms. The SMILES string of the molecule is CC(CN(C)C)n1nc(-c2ccc(C(N)=O)cn2)cc1C(F)(F)F. The van der Waals surface area contributed by atoms with Crippen LogP contribution >= 0.6 is 0 Å². The Labute approximate surface area is 137 Å². The zero-order chi connectivity index (χ0) is 18.1. The number of carbonyl (C=O) groups is 1. The van der Waals surface area contributed by atoms with Crippen LogP contribution in [0, 0.1) is 0 Å². The lowest BCUT2D eigenvalue weighted by Crippen LogP contribution is -2.26. The molecule has 2 aromatic heterocycles. The van der Waals surface area contributed by atoms with Crippen molar-refractivity contribution in [2.45, 2.75) is 19.1 Å². The highest BCUT2D eigenvalue weighted by Crippen LogP contribution is 2.33. The average molecular weight is 341 g/mol. The number of alkyl halides is 3. The van der Waals surface area contributed by atoms with Crippen molar-refractivity contribution < 1.29 is 18.0 Å². The van der Waals surface area contributed by atoms with Crippen LogP contribution in [0.4, 0.5) is 13.2 Å². The van der Waals surface area contributed by atoms with E-state index in [0.29, 0.717) is 6.54 Å². The van der Waals surface area contributed by atoms with Gasteiger partial charge in [-0.15, -0.1) is 0 Å². The van der Waals surface area contributed by atoms with Gasteiger partial charge in [-0.2, -0.15) is 18.3 Å². The van der Waals surface area contributed by atoms with Gasteiger partial charge in [0.25, 0.3) is 0 Å². The molecule has 1 unspecified atom stereocenters. The summed E-state index contributed by atoms with van der Waals surface area (Å²) in [5.41, 5.74) is 4.78. The minimum atomic E-state index is -4.53. The number of halogens is 3. The number of carbonyl (C=O) groups excluding carboxylic acids is 1. The lowest BCUT2D eigenvalue weighted by atomic mass is 10.2. The highest BCUT2D eigenvalue weighted by molar-refractivity contribution is 5.92. The van der Waals surface area contributed by atoms with E-state index in [2.05, 4.69) is 10.1 Å². The van der Waals surface area contributed by atoms with Gasteiger partial charge in [0.2, 0.25) is 5.91 Å². The van der Waals surface area contributed by atoms with Crippen LogP contribution in [0.3, 0.4) is 0 Å². The fourth-order valence-corrected chi connectivity index (χ4v) is 2.36. The predicted molar refractivity (Wildman–Crippen MR) is 82.2 cm³/mol. The Bertz CT molecular complexity index is 722. The number of aromatic nitrogens is 3. The summed E-state index contributed by atoms with van der Waals surface area (Å²) in [7, 11) is 3.55. The summed E-state index contributed by atoms with van der Waals surface area (Å²) in [6.45, 7) is 2.06. The van der Waals surface area contributed by atoms with Gasteiger partial charge in [-0.3, -0.25) is 14.5 Å². The smallest absolute Gasteiger partial charge is 0.366 e. The monoisotopic (exact) mass is 341 g/mol. The molecule has 2 rings (SSSR count). The van der Waals surface area contributed by atoms with Crippen molar-refractivity contribution in [1.82, 2.24) is 19.7 Å². The fourth-order valence-electron chi connectivity index (χ4n) is 2.36. The van der Waals surface area contributed by atoms with E-state index in [9.17, 15) is 18.0 Å². The van der Waals surface area contributed by atoms with Crippen LogP contribution in [0.1, 0.15) is 29.0 Å². The van der Waals surface area contributed by atoms with Crippen LogP contribution in [0.2, 0.25) is 0 Å². The van der Waals surface area contributed by atoms with Gasteiger partial charge in [-0.05, 0) is 39.2 Å². The highest BCUT2D eigenvalue weighted by atomic mass is 19.4. The van der Waals surface area contributed by atoms with Gasteiger partial charge >= 0.3 is 6.18 Å². The third-order valence-electron chi connectivity index (χ3n) is 3.38. The molecule has 0 aromatic carbocycles. The Morgan fingerprint density at radius 1 is 1.33 bits per heavy atom. The van der Waals surface area contributed by atoms with Gasteiger partial charge in [-0.1, -0.05) is 0 Å². The van der Waals surface area contributed by atoms with E-state index < -0.39 is 23.8 Å². The maximum Gasteiger partial charge on any atom is 0.433 e. The second kappa shape index (κ2) is 6.60. The van der Waals surface area contributed by atoms with E-state index >= 15 is 0 Å². The molecule has 0 saturated carbocycles. The summed E-state index contributed by atoms with van der Waals surface area (Å²) in [5, 5.41) is 4.07. The number of rotatable bonds is 5. The first-order valence-electron chi connectivity index (χ1n) is 7.17. The van der Waals surface area contributed by atoms with E-state index in [4.69, 9.17) is 5.73 Å². The molecule has 0 aliphatic carbocycles. The number of hydrogen-bond acceptors (Lipinski definition) is 4. The predicted octanol–water partition coefficient (Wildman–Crippen LogP) is 2.19. The lowest BCUT2D eigenvalue weighted by molar-refractivity contribution is -0.145. The summed E-state index contributed by atoms with van der Waals surface area (Å²) in [6.07, 6.45) is -3.31. The molecule has 0 saturated heterocycles. The molecule has 2 heterocycles. The van der Waals surface area contributed by atoms with E-state index in [-0.39, 0.29) is 17.0 Å². The minimum absolute atomic E-state index is 0.0870. The van der Waals surface area contributed by atoms with Crippen LogP contribution in [-0.2, 0) is 6.18 Å². The van der Waals surface area contributed by atoms with E-state index in [0.717, 1.165) is 10.7 Å². The Morgan fingerprint density at radius 3 is 2.46 bits per heavy atom. The van der Waals surface area contributed by atoms with Crippen LogP contribution in [-0.4, -0.2) is 46.2 Å². The Morgan fingerprint density at radius 2 is 2.00 bits per heavy atom. The van der Waals surface area contributed by atoms with Gasteiger partial charge in [0.05, 0.1) is 17.3 Å². The highest BCUT2D eigenvalue weighted by Gasteiger charge is 2.37. The van der Waals surface area contributed by atoms with Crippen molar-refractivity contribution >= 4 is 5.91 Å². The number of likely N-dealkylation sites (N-methyl/N-ethyl adjacent to an activating group) is 1. The molecular weight excluding hydrogens is 323 g/mol. The third kappa shape index (κ3) is 3.91. The number of hydrogen-bond donors (Lipinski definition) is 1. The summed E-state index contributed by atoms with van der Waals surface area (Å²) in [6, 6.07) is 3.30. The number of pyridine rings is 1. The molecule has 130 valence electrons. The van der Waals surface area contributed by atoms with Crippen molar-refractivity contribution in [3.05, 3.63) is 35.7 Å². The number of nitrogens with two attached hydrogens (primary N) is 1. The fraction of sp³-hybridized carbons (Fsp3) is 0.400. The molecule has 2 N–H and O–H groups in total. The number of nitrogens with zero attached hydrogens (tertiary/aromatic N) is 4. The molecule has 2 aromatic rings. The Hall–Kier alpha value is -2.42. The van der Waals surface area contributed by atoms with Crippen molar-refractivity contribution in [2.24, 2.45) is 5.73 Å². The minimum Gasteiger partial charge on any atom is -0.366 e. The standard InChI is InChI=1S/C15H18F3N5O/c1-9(8-22(2)3)23-13(15(16,17)18)6-12(21-23)11-5-4-10(7-20-11)14(19)24/h4-7,9H,8H2,1-3H3,(H2,19,24). The molecule has 0 fully saturated rings. The van der Waals surface area contributed by atoms with Gasteiger partial charge in [0.15, 0.2) is 0 Å². The van der Waals surface area contributed by atoms with Crippen LogP contribution < -0.4 is 5.73 Å². The molecule has 1 atom stereocenters. The van der Waals surface area contributed by atoms with Crippen LogP contribution in [0.5, 0.6) is 0 Å². The molecule has 6 nitrogen and oxygen atoms in total. The second-order valence-corrected chi connectivity index (χ2v) is 5.76. The van der Waals surface area contributed by atoms with Gasteiger partial charge in [0, 0.05) is 12.7 Å². The molecule has 0 radical (unpaired) electrons. The summed E-state index contributed by atoms with van der Waals surface area (Å²) >= 11 is 0. The molecular formula is C15H18F3N5O. The first kappa shape index (κ1) is 17.9. The summed E-state index contributed by atoms with van der Waals surface area (Å²) < 4.78 is 40.8. The van der Waals surface area contributed by atoms with Crippen molar-refractivity contribution in [2.75, 3.05) is 20.6 Å². The first-order valence-corrected chi connectivity index (χ1v) is 7.17. The lowest BCUT2D eigenvalue weighted by Gasteiger charge is -2.20. The zero-order valence-corrected chi connectivity index (χ0v) is 13.5. The van der Waals surface area contributed by atoms with Gasteiger partial charge < -0.3 is 10.6 Å². The molecule has 1 amide bonds. The molecule has 24 heavy (non-hydrogen) atoms. The van der Waals surface area contributed by atoms with Crippen LogP contribution in [0.15, 0.2) is 24.4 Å². The van der Waals surface area contributed by atoms with Crippen molar-refractivity contribution in [1.29, 1.82) is 0 Å². The molecule has 0 aliphatic heterocycles. The van der Waals surface area contributed by atoms with Crippen molar-refractivity contribution in [3.63, 3.8) is 0 Å². The summed E-state index contributed by atoms with van der Waals surface area (Å²) in [5.74, 6) is -0.657. The number of amides is 1. The second-order valence-electron chi connectivity index (χ2n) is 5.76. The summed E-state index contributed by atoms with van der Waals surface area (Å²) in [4.78, 5) is 16.8. The molecule has 0 spiro atoms. The molecule has 9 heteroatoms. The topological polar surface area (TPSA) is 77.0 Å². The number of primary amides is 1. The van der Waals surface area contributed by atoms with E-state index in [1.54, 1.807) is 25.9 Å². The maximum atomic E-state index is 13.3. The van der Waals surface area contributed by atoms with Crippen LogP contribution in [0.25, 0.3) is 11.4 Å². The third-order valence-corrected chi connectivity index (χ3v) is 3.38. The average Bonchev–Trinajstić information content (AvgIpc) is 2.92. The van der Waals surface area contributed by atoms with Gasteiger partial charge in [0.1, 0.15) is 11.4 Å². The van der Waals surface area contributed by atoms with E-state index in [1.807, 2.05) is 0 Å². The Balaban J connectivity index is 2.45. The maximum absolute atomic E-state index is 13.3. The molecule has 0 aliphatic rings. The zero-order valence-electron chi connectivity index (χ0n) is 13.5.